The Balaban J connectivity index is 1.74. The van der Waals surface area contributed by atoms with Gasteiger partial charge >= 0.3 is 0 Å². The Morgan fingerprint density at radius 3 is 2.19 bits per heavy atom. The van der Waals surface area contributed by atoms with E-state index < -0.39 is 6.10 Å². The Kier molecular flexibility index (Phi) is 6.70. The van der Waals surface area contributed by atoms with Crippen LogP contribution in [-0.4, -0.2) is 36.2 Å². The number of ether oxygens (including phenoxy) is 1. The van der Waals surface area contributed by atoms with Crippen LogP contribution in [0.15, 0.2) is 54.6 Å². The topological polar surface area (TPSA) is 32.7 Å². The molecule has 1 fully saturated rings. The van der Waals surface area contributed by atoms with Crippen molar-refractivity contribution >= 4 is 0 Å². The largest absolute Gasteiger partial charge is 0.493 e. The number of hydrogen-bond donors (Lipinski definition) is 1. The van der Waals surface area contributed by atoms with E-state index in [0.717, 1.165) is 30.9 Å². The molecule has 3 rings (SSSR count). The average molecular weight is 354 g/mol. The first-order valence-electron chi connectivity index (χ1n) is 9.81. The highest BCUT2D eigenvalue weighted by molar-refractivity contribution is 5.32. The lowest BCUT2D eigenvalue weighted by Gasteiger charge is -2.28. The van der Waals surface area contributed by atoms with Gasteiger partial charge in [-0.1, -0.05) is 56.3 Å². The maximum Gasteiger partial charge on any atom is 0.119 e. The van der Waals surface area contributed by atoms with Gasteiger partial charge in [-0.3, -0.25) is 0 Å². The molecule has 3 nitrogen and oxygen atoms in total. The summed E-state index contributed by atoms with van der Waals surface area (Å²) in [5, 5.41) is 11.1. The highest BCUT2D eigenvalue weighted by Crippen LogP contribution is 2.33. The fourth-order valence-electron chi connectivity index (χ4n) is 3.59. The van der Waals surface area contributed by atoms with Crippen LogP contribution in [0.25, 0.3) is 0 Å². The molecule has 0 saturated carbocycles. The highest BCUT2D eigenvalue weighted by atomic mass is 16.5. The van der Waals surface area contributed by atoms with Gasteiger partial charge in [-0.25, -0.2) is 0 Å². The fourth-order valence-corrected chi connectivity index (χ4v) is 3.59. The Hall–Kier alpha value is -1.84. The van der Waals surface area contributed by atoms with Crippen LogP contribution >= 0.6 is 0 Å². The molecule has 1 aliphatic rings. The predicted octanol–water partition coefficient (Wildman–Crippen LogP) is 4.63. The van der Waals surface area contributed by atoms with Gasteiger partial charge in [0.2, 0.25) is 0 Å². The molecular weight excluding hydrogens is 322 g/mol. The minimum absolute atomic E-state index is 0.0803. The molecule has 2 atom stereocenters. The summed E-state index contributed by atoms with van der Waals surface area (Å²) in [6, 6.07) is 18.3. The molecule has 0 spiro atoms. The number of rotatable bonds is 8. The first-order valence-corrected chi connectivity index (χ1v) is 9.81. The number of nitrogens with zero attached hydrogens (tertiary/aromatic N) is 1. The second-order valence-corrected chi connectivity index (χ2v) is 7.74. The molecule has 0 unspecified atom stereocenters. The van der Waals surface area contributed by atoms with E-state index in [-0.39, 0.29) is 5.92 Å². The van der Waals surface area contributed by atoms with E-state index in [0.29, 0.717) is 12.5 Å². The molecule has 0 aliphatic carbocycles. The summed E-state index contributed by atoms with van der Waals surface area (Å²) in [6.07, 6.45) is 2.01. The average Bonchev–Trinajstić information content (AvgIpc) is 3.18. The molecule has 2 aromatic rings. The third kappa shape index (κ3) is 5.09. The van der Waals surface area contributed by atoms with Crippen LogP contribution in [0, 0.1) is 5.92 Å². The number of aliphatic hydroxyl groups is 1. The molecule has 0 bridgehead atoms. The molecule has 140 valence electrons. The first kappa shape index (κ1) is 18.9. The molecule has 0 aromatic heterocycles. The van der Waals surface area contributed by atoms with E-state index in [2.05, 4.69) is 43.0 Å². The Morgan fingerprint density at radius 2 is 1.58 bits per heavy atom. The number of benzene rings is 2. The molecule has 26 heavy (non-hydrogen) atoms. The Labute approximate surface area is 157 Å². The van der Waals surface area contributed by atoms with Crippen molar-refractivity contribution < 1.29 is 9.84 Å². The third-order valence-electron chi connectivity index (χ3n) is 5.07. The monoisotopic (exact) mass is 353 g/mol. The maximum absolute atomic E-state index is 11.1. The molecule has 1 saturated heterocycles. The number of hydrogen-bond acceptors (Lipinski definition) is 3. The lowest BCUT2D eigenvalue weighted by molar-refractivity contribution is 0.123. The molecule has 1 N–H and O–H groups in total. The minimum atomic E-state index is -0.517. The standard InChI is InChI=1S/C23H31NO2/c1-18(2)17-26-21-12-10-20(11-13-21)23(25)22(16-24-14-6-7-15-24)19-8-4-3-5-9-19/h3-5,8-13,18,22-23,25H,6-7,14-17H2,1-2H3/t22-,23-/m0/s1. The van der Waals surface area contributed by atoms with Gasteiger partial charge in [0.05, 0.1) is 12.7 Å². The van der Waals surface area contributed by atoms with Crippen LogP contribution < -0.4 is 4.74 Å². The third-order valence-corrected chi connectivity index (χ3v) is 5.07. The van der Waals surface area contributed by atoms with Gasteiger partial charge in [0.25, 0.3) is 0 Å². The fraction of sp³-hybridized carbons (Fsp3) is 0.478. The maximum atomic E-state index is 11.1. The zero-order valence-electron chi connectivity index (χ0n) is 16.0. The SMILES string of the molecule is CC(C)COc1ccc([C@H](O)[C@@H](CN2CCCC2)c2ccccc2)cc1. The zero-order valence-corrected chi connectivity index (χ0v) is 16.0. The number of likely N-dealkylation sites (tertiary alicyclic amines) is 1. The molecule has 2 aromatic carbocycles. The van der Waals surface area contributed by atoms with E-state index in [9.17, 15) is 5.11 Å². The molecular formula is C23H31NO2. The van der Waals surface area contributed by atoms with Crippen LogP contribution in [0.2, 0.25) is 0 Å². The highest BCUT2D eigenvalue weighted by Gasteiger charge is 2.26. The van der Waals surface area contributed by atoms with E-state index in [1.807, 2.05) is 30.3 Å². The number of aliphatic hydroxyl groups excluding tert-OH is 1. The van der Waals surface area contributed by atoms with Crippen LogP contribution in [-0.2, 0) is 0 Å². The van der Waals surface area contributed by atoms with E-state index >= 15 is 0 Å². The van der Waals surface area contributed by atoms with Gasteiger partial charge in [-0.05, 0) is 55.1 Å². The zero-order chi connectivity index (χ0) is 18.4. The first-order chi connectivity index (χ1) is 12.6. The molecule has 0 radical (unpaired) electrons. The molecule has 3 heteroatoms. The van der Waals surface area contributed by atoms with Gasteiger partial charge < -0.3 is 14.7 Å². The summed E-state index contributed by atoms with van der Waals surface area (Å²) in [7, 11) is 0. The van der Waals surface area contributed by atoms with Gasteiger partial charge in [0.15, 0.2) is 0 Å². The Bertz CT molecular complexity index is 648. The van der Waals surface area contributed by atoms with Gasteiger partial charge in [0.1, 0.15) is 5.75 Å². The Morgan fingerprint density at radius 1 is 0.923 bits per heavy atom. The van der Waals surface area contributed by atoms with Crippen molar-refractivity contribution in [1.82, 2.24) is 4.90 Å². The van der Waals surface area contributed by atoms with E-state index in [4.69, 9.17) is 4.74 Å². The molecule has 1 aliphatic heterocycles. The van der Waals surface area contributed by atoms with Crippen LogP contribution in [0.4, 0.5) is 0 Å². The van der Waals surface area contributed by atoms with E-state index in [1.54, 1.807) is 0 Å². The molecule has 1 heterocycles. The van der Waals surface area contributed by atoms with Crippen molar-refractivity contribution in [1.29, 1.82) is 0 Å². The lowest BCUT2D eigenvalue weighted by Crippen LogP contribution is -2.29. The molecule has 0 amide bonds. The smallest absolute Gasteiger partial charge is 0.119 e. The van der Waals surface area contributed by atoms with Crippen molar-refractivity contribution in [2.24, 2.45) is 5.92 Å². The second-order valence-electron chi connectivity index (χ2n) is 7.74. The van der Waals surface area contributed by atoms with Crippen molar-refractivity contribution in [2.75, 3.05) is 26.2 Å². The van der Waals surface area contributed by atoms with E-state index in [1.165, 1.54) is 18.4 Å². The van der Waals surface area contributed by atoms with Crippen LogP contribution in [0.5, 0.6) is 5.75 Å². The summed E-state index contributed by atoms with van der Waals surface area (Å²) in [4.78, 5) is 2.47. The summed E-state index contributed by atoms with van der Waals surface area (Å²) < 4.78 is 5.77. The summed E-state index contributed by atoms with van der Waals surface area (Å²) >= 11 is 0. The summed E-state index contributed by atoms with van der Waals surface area (Å²) in [6.45, 7) is 8.16. The minimum Gasteiger partial charge on any atom is -0.493 e. The summed E-state index contributed by atoms with van der Waals surface area (Å²) in [5.41, 5.74) is 2.15. The summed E-state index contributed by atoms with van der Waals surface area (Å²) in [5.74, 6) is 1.45. The van der Waals surface area contributed by atoms with Crippen molar-refractivity contribution in [3.63, 3.8) is 0 Å². The normalized spacial score (nSPS) is 17.4. The van der Waals surface area contributed by atoms with Gasteiger partial charge in [-0.15, -0.1) is 0 Å². The van der Waals surface area contributed by atoms with Crippen molar-refractivity contribution in [2.45, 2.75) is 38.7 Å². The van der Waals surface area contributed by atoms with Crippen molar-refractivity contribution in [3.8, 4) is 5.75 Å². The van der Waals surface area contributed by atoms with Gasteiger partial charge in [-0.2, -0.15) is 0 Å². The van der Waals surface area contributed by atoms with Crippen molar-refractivity contribution in [3.05, 3.63) is 65.7 Å². The van der Waals surface area contributed by atoms with Crippen LogP contribution in [0.3, 0.4) is 0 Å². The van der Waals surface area contributed by atoms with Crippen LogP contribution in [0.1, 0.15) is 49.8 Å². The second kappa shape index (κ2) is 9.20. The lowest BCUT2D eigenvalue weighted by atomic mass is 9.88. The van der Waals surface area contributed by atoms with Gasteiger partial charge in [0, 0.05) is 12.5 Å². The quantitative estimate of drug-likeness (QED) is 0.751. The predicted molar refractivity (Wildman–Crippen MR) is 107 cm³/mol.